The molecule has 0 unspecified atom stereocenters. The summed E-state index contributed by atoms with van der Waals surface area (Å²) < 4.78 is 10.3. The molecule has 2 amide bonds. The number of anilines is 2. The lowest BCUT2D eigenvalue weighted by Crippen LogP contribution is -2.36. The number of carbonyl (C=O) groups is 2. The molecular weight excluding hydrogens is 348 g/mol. The molecule has 0 atom stereocenters. The Morgan fingerprint density at radius 1 is 1.15 bits per heavy atom. The molecule has 8 heteroatoms. The SMILES string of the molecule is COc1cccc(NC(=O)CN(C)CC(=O)Nc2cc(C(C)(C)C)no2)c1. The fraction of sp³-hybridized carbons (Fsp3) is 0.421. The molecule has 27 heavy (non-hydrogen) atoms. The summed E-state index contributed by atoms with van der Waals surface area (Å²) in [7, 11) is 3.25. The summed E-state index contributed by atoms with van der Waals surface area (Å²) in [6, 6.07) is 8.77. The topological polar surface area (TPSA) is 96.7 Å². The average Bonchev–Trinajstić information content (AvgIpc) is 3.03. The number of carbonyl (C=O) groups excluding carboxylic acids is 2. The van der Waals surface area contributed by atoms with Crippen molar-refractivity contribution in [3.8, 4) is 5.75 Å². The second-order valence-corrected chi connectivity index (χ2v) is 7.33. The molecule has 8 nitrogen and oxygen atoms in total. The van der Waals surface area contributed by atoms with Gasteiger partial charge in [-0.3, -0.25) is 19.8 Å². The highest BCUT2D eigenvalue weighted by Gasteiger charge is 2.20. The van der Waals surface area contributed by atoms with Gasteiger partial charge in [-0.25, -0.2) is 0 Å². The molecule has 0 saturated heterocycles. The standard InChI is InChI=1S/C19H26N4O4/c1-19(2,3)15-10-18(27-22-15)21-17(25)12-23(4)11-16(24)20-13-7-6-8-14(9-13)26-5/h6-10H,11-12H2,1-5H3,(H,20,24)(H,21,25). The minimum atomic E-state index is -0.289. The number of nitrogens with one attached hydrogen (secondary N) is 2. The Bertz CT molecular complexity index is 795. The Labute approximate surface area is 158 Å². The molecule has 0 saturated carbocycles. The van der Waals surface area contributed by atoms with Crippen LogP contribution in [-0.2, 0) is 15.0 Å². The monoisotopic (exact) mass is 374 g/mol. The highest BCUT2D eigenvalue weighted by Crippen LogP contribution is 2.23. The van der Waals surface area contributed by atoms with E-state index >= 15 is 0 Å². The summed E-state index contributed by atoms with van der Waals surface area (Å²) in [6.07, 6.45) is 0. The van der Waals surface area contributed by atoms with Gasteiger partial charge < -0.3 is 14.6 Å². The predicted molar refractivity (Wildman–Crippen MR) is 103 cm³/mol. The predicted octanol–water partition coefficient (Wildman–Crippen LogP) is 2.49. The van der Waals surface area contributed by atoms with Gasteiger partial charge in [0.15, 0.2) is 0 Å². The first-order valence-electron chi connectivity index (χ1n) is 8.57. The van der Waals surface area contributed by atoms with Gasteiger partial charge in [0.25, 0.3) is 0 Å². The van der Waals surface area contributed by atoms with Crippen molar-refractivity contribution >= 4 is 23.4 Å². The van der Waals surface area contributed by atoms with Crippen molar-refractivity contribution in [2.24, 2.45) is 0 Å². The number of amides is 2. The number of ether oxygens (including phenoxy) is 1. The molecule has 0 radical (unpaired) electrons. The summed E-state index contributed by atoms with van der Waals surface area (Å²) in [5, 5.41) is 9.37. The number of hydrogen-bond acceptors (Lipinski definition) is 6. The first-order valence-corrected chi connectivity index (χ1v) is 8.57. The Morgan fingerprint density at radius 2 is 1.81 bits per heavy atom. The van der Waals surface area contributed by atoms with Gasteiger partial charge in [-0.15, -0.1) is 0 Å². The first kappa shape index (κ1) is 20.4. The number of rotatable bonds is 7. The van der Waals surface area contributed by atoms with Crippen LogP contribution in [0.4, 0.5) is 11.6 Å². The van der Waals surface area contributed by atoms with E-state index in [1.807, 2.05) is 20.8 Å². The third kappa shape index (κ3) is 6.41. The van der Waals surface area contributed by atoms with Gasteiger partial charge in [-0.1, -0.05) is 32.0 Å². The Morgan fingerprint density at radius 3 is 2.41 bits per heavy atom. The summed E-state index contributed by atoms with van der Waals surface area (Å²) in [6.45, 7) is 6.12. The van der Waals surface area contributed by atoms with Crippen LogP contribution in [0.25, 0.3) is 0 Å². The zero-order valence-electron chi connectivity index (χ0n) is 16.3. The van der Waals surface area contributed by atoms with Crippen LogP contribution in [0.3, 0.4) is 0 Å². The lowest BCUT2D eigenvalue weighted by atomic mass is 9.92. The van der Waals surface area contributed by atoms with Gasteiger partial charge >= 0.3 is 0 Å². The molecule has 1 heterocycles. The largest absolute Gasteiger partial charge is 0.497 e. The Kier molecular flexibility index (Phi) is 6.57. The zero-order valence-corrected chi connectivity index (χ0v) is 16.3. The van der Waals surface area contributed by atoms with E-state index in [4.69, 9.17) is 9.26 Å². The lowest BCUT2D eigenvalue weighted by molar-refractivity contribution is -0.119. The summed E-state index contributed by atoms with van der Waals surface area (Å²) in [4.78, 5) is 25.8. The summed E-state index contributed by atoms with van der Waals surface area (Å²) in [5.41, 5.74) is 1.22. The highest BCUT2D eigenvalue weighted by molar-refractivity contribution is 5.94. The number of aromatic nitrogens is 1. The second-order valence-electron chi connectivity index (χ2n) is 7.33. The minimum Gasteiger partial charge on any atom is -0.497 e. The van der Waals surface area contributed by atoms with Crippen LogP contribution in [0.15, 0.2) is 34.9 Å². The van der Waals surface area contributed by atoms with Crippen LogP contribution < -0.4 is 15.4 Å². The number of methoxy groups -OCH3 is 1. The number of benzene rings is 1. The molecular formula is C19H26N4O4. The van der Waals surface area contributed by atoms with Gasteiger partial charge in [-0.2, -0.15) is 0 Å². The van der Waals surface area contributed by atoms with E-state index in [2.05, 4.69) is 15.8 Å². The van der Waals surface area contributed by atoms with Crippen LogP contribution in [-0.4, -0.2) is 49.1 Å². The smallest absolute Gasteiger partial charge is 0.240 e. The molecule has 1 aromatic carbocycles. The van der Waals surface area contributed by atoms with Crippen molar-refractivity contribution in [2.75, 3.05) is 37.9 Å². The molecule has 0 aliphatic carbocycles. The molecule has 0 aliphatic rings. The van der Waals surface area contributed by atoms with Gasteiger partial charge in [0.2, 0.25) is 17.7 Å². The maximum atomic E-state index is 12.1. The van der Waals surface area contributed by atoms with E-state index in [1.165, 1.54) is 0 Å². The van der Waals surface area contributed by atoms with E-state index < -0.39 is 0 Å². The van der Waals surface area contributed by atoms with Crippen LogP contribution in [0, 0.1) is 0 Å². The third-order valence-corrected chi connectivity index (χ3v) is 3.72. The van der Waals surface area contributed by atoms with Crippen molar-refractivity contribution in [3.05, 3.63) is 36.0 Å². The minimum absolute atomic E-state index is 0.0388. The molecule has 0 fully saturated rings. The first-order chi connectivity index (χ1) is 12.7. The summed E-state index contributed by atoms with van der Waals surface area (Å²) >= 11 is 0. The quantitative estimate of drug-likeness (QED) is 0.773. The fourth-order valence-electron chi connectivity index (χ4n) is 2.31. The van der Waals surface area contributed by atoms with E-state index in [9.17, 15) is 9.59 Å². The normalized spacial score (nSPS) is 11.3. The molecule has 146 valence electrons. The van der Waals surface area contributed by atoms with Crippen LogP contribution >= 0.6 is 0 Å². The van der Waals surface area contributed by atoms with E-state index in [-0.39, 0.29) is 30.3 Å². The molecule has 0 spiro atoms. The molecule has 2 rings (SSSR count). The van der Waals surface area contributed by atoms with Crippen LogP contribution in [0.5, 0.6) is 5.75 Å². The maximum absolute atomic E-state index is 12.1. The van der Waals surface area contributed by atoms with Crippen molar-refractivity contribution in [1.82, 2.24) is 10.1 Å². The fourth-order valence-corrected chi connectivity index (χ4v) is 2.31. The average molecular weight is 374 g/mol. The zero-order chi connectivity index (χ0) is 20.0. The lowest BCUT2D eigenvalue weighted by Gasteiger charge is -2.15. The van der Waals surface area contributed by atoms with Crippen LogP contribution in [0.1, 0.15) is 26.5 Å². The summed E-state index contributed by atoms with van der Waals surface area (Å²) in [5.74, 6) is 0.429. The molecule has 2 N–H and O–H groups in total. The van der Waals surface area contributed by atoms with Crippen molar-refractivity contribution < 1.29 is 18.8 Å². The number of nitrogens with zero attached hydrogens (tertiary/aromatic N) is 2. The highest BCUT2D eigenvalue weighted by atomic mass is 16.5. The molecule has 0 aliphatic heterocycles. The van der Waals surface area contributed by atoms with E-state index in [0.717, 1.165) is 5.69 Å². The van der Waals surface area contributed by atoms with E-state index in [0.29, 0.717) is 17.3 Å². The second kappa shape index (κ2) is 8.68. The Hall–Kier alpha value is -2.87. The van der Waals surface area contributed by atoms with Gasteiger partial charge in [0, 0.05) is 23.2 Å². The Balaban J connectivity index is 1.81. The number of hydrogen-bond donors (Lipinski definition) is 2. The van der Waals surface area contributed by atoms with Crippen molar-refractivity contribution in [2.45, 2.75) is 26.2 Å². The van der Waals surface area contributed by atoms with Crippen molar-refractivity contribution in [3.63, 3.8) is 0 Å². The van der Waals surface area contributed by atoms with Crippen LogP contribution in [0.2, 0.25) is 0 Å². The third-order valence-electron chi connectivity index (χ3n) is 3.72. The van der Waals surface area contributed by atoms with Gasteiger partial charge in [-0.05, 0) is 19.2 Å². The van der Waals surface area contributed by atoms with E-state index in [1.54, 1.807) is 49.4 Å². The van der Waals surface area contributed by atoms with Gasteiger partial charge in [0.1, 0.15) is 5.75 Å². The van der Waals surface area contributed by atoms with Crippen molar-refractivity contribution in [1.29, 1.82) is 0 Å². The molecule has 1 aromatic heterocycles. The maximum Gasteiger partial charge on any atom is 0.240 e. The number of likely N-dealkylation sites (N-methyl/N-ethyl adjacent to an activating group) is 1. The molecule has 0 bridgehead atoms. The van der Waals surface area contributed by atoms with Gasteiger partial charge in [0.05, 0.1) is 25.9 Å². The molecule has 2 aromatic rings.